The third-order valence-electron chi connectivity index (χ3n) is 1.70. The van der Waals surface area contributed by atoms with Crippen LogP contribution in [0.15, 0.2) is 24.3 Å². The van der Waals surface area contributed by atoms with Crippen LogP contribution in [0.25, 0.3) is 0 Å². The van der Waals surface area contributed by atoms with Crippen molar-refractivity contribution in [2.24, 2.45) is 0 Å². The summed E-state index contributed by atoms with van der Waals surface area (Å²) in [6.45, 7) is 3.28. The Morgan fingerprint density at radius 1 is 1.53 bits per heavy atom. The van der Waals surface area contributed by atoms with Gasteiger partial charge in [-0.3, -0.25) is 4.79 Å². The molecule has 78 valence electrons. The van der Waals surface area contributed by atoms with Gasteiger partial charge in [-0.25, -0.2) is 0 Å². The molecule has 0 aliphatic heterocycles. The highest BCUT2D eigenvalue weighted by Crippen LogP contribution is 2.19. The van der Waals surface area contributed by atoms with Gasteiger partial charge in [0.05, 0.1) is 0 Å². The van der Waals surface area contributed by atoms with Crippen molar-refractivity contribution in [3.05, 3.63) is 29.8 Å². The maximum Gasteiger partial charge on any atom is 0.252 e. The largest absolute Gasteiger partial charge is 0.473 e. The highest BCUT2D eigenvalue weighted by atomic mass is 35.5. The van der Waals surface area contributed by atoms with E-state index in [1.807, 2.05) is 6.07 Å². The molecule has 0 aliphatic rings. The molecule has 0 fully saturated rings. The number of carbonyl (C=O) groups is 1. The van der Waals surface area contributed by atoms with Crippen molar-refractivity contribution in [3.63, 3.8) is 0 Å². The number of benzene rings is 1. The molecule has 1 rings (SSSR count). The highest BCUT2D eigenvalue weighted by Gasteiger charge is 2.18. The number of carbonyl (C=O) groups excluding carboxylic acids is 1. The molecule has 0 bridgehead atoms. The summed E-state index contributed by atoms with van der Waals surface area (Å²) in [4.78, 5) is 10.9. The third kappa shape index (κ3) is 3.26. The average molecular weight is 224 g/mol. The molecule has 0 heterocycles. The second kappa shape index (κ2) is 4.33. The zero-order chi connectivity index (χ0) is 11.5. The summed E-state index contributed by atoms with van der Waals surface area (Å²) in [7, 11) is 0. The van der Waals surface area contributed by atoms with Crippen LogP contribution in [0.4, 0.5) is 0 Å². The normalized spacial score (nSPS) is 10.5. The van der Waals surface area contributed by atoms with E-state index in [2.05, 4.69) is 0 Å². The first-order chi connectivity index (χ1) is 6.94. The summed E-state index contributed by atoms with van der Waals surface area (Å²) in [6, 6.07) is 8.41. The third-order valence-corrected chi connectivity index (χ3v) is 1.92. The fraction of sp³-hybridized carbons (Fsp3) is 0.273. The van der Waals surface area contributed by atoms with E-state index in [0.29, 0.717) is 11.3 Å². The summed E-state index contributed by atoms with van der Waals surface area (Å²) in [5.74, 6) is 0.452. The first kappa shape index (κ1) is 11.5. The number of hydrogen-bond donors (Lipinski definition) is 0. The Hall–Kier alpha value is -1.53. The van der Waals surface area contributed by atoms with Crippen LogP contribution in [-0.4, -0.2) is 10.8 Å². The summed E-state index contributed by atoms with van der Waals surface area (Å²) < 4.78 is 5.37. The van der Waals surface area contributed by atoms with Crippen molar-refractivity contribution < 1.29 is 9.53 Å². The molecule has 3 nitrogen and oxygen atoms in total. The quantitative estimate of drug-likeness (QED) is 0.741. The first-order valence-corrected chi connectivity index (χ1v) is 4.72. The van der Waals surface area contributed by atoms with Gasteiger partial charge in [0.2, 0.25) is 0 Å². The standard InChI is InChI=1S/C11H10ClNO2/c1-11(2,7-13)15-9-5-3-4-8(6-9)10(12)14/h3-6H,1-2H3. The number of ether oxygens (including phenoxy) is 1. The molecule has 0 spiro atoms. The summed E-state index contributed by atoms with van der Waals surface area (Å²) >= 11 is 5.32. The van der Waals surface area contributed by atoms with E-state index < -0.39 is 10.8 Å². The molecule has 0 aromatic heterocycles. The minimum Gasteiger partial charge on any atom is -0.473 e. The lowest BCUT2D eigenvalue weighted by Crippen LogP contribution is -2.25. The fourth-order valence-corrected chi connectivity index (χ4v) is 1.12. The number of halogens is 1. The van der Waals surface area contributed by atoms with E-state index in [9.17, 15) is 4.79 Å². The molecule has 1 aromatic rings. The van der Waals surface area contributed by atoms with E-state index in [1.165, 1.54) is 6.07 Å². The minimum atomic E-state index is -0.923. The lowest BCUT2D eigenvalue weighted by atomic mass is 10.1. The van der Waals surface area contributed by atoms with E-state index in [-0.39, 0.29) is 0 Å². The van der Waals surface area contributed by atoms with Gasteiger partial charge in [0.1, 0.15) is 11.8 Å². The summed E-state index contributed by atoms with van der Waals surface area (Å²) in [6.07, 6.45) is 0. The smallest absolute Gasteiger partial charge is 0.252 e. The van der Waals surface area contributed by atoms with Crippen molar-refractivity contribution >= 4 is 16.8 Å². The van der Waals surface area contributed by atoms with Crippen LogP contribution in [0, 0.1) is 11.3 Å². The van der Waals surface area contributed by atoms with Gasteiger partial charge in [-0.15, -0.1) is 0 Å². The Bertz CT molecular complexity index is 421. The predicted molar refractivity (Wildman–Crippen MR) is 56.9 cm³/mol. The van der Waals surface area contributed by atoms with Crippen molar-refractivity contribution in [1.82, 2.24) is 0 Å². The van der Waals surface area contributed by atoms with Crippen LogP contribution in [0.2, 0.25) is 0 Å². The Balaban J connectivity index is 2.93. The SMILES string of the molecule is CC(C)(C#N)Oc1cccc(C(=O)Cl)c1. The second-order valence-corrected chi connectivity index (χ2v) is 3.87. The minimum absolute atomic E-state index is 0.350. The fourth-order valence-electron chi connectivity index (χ4n) is 0.999. The number of nitriles is 1. The second-order valence-electron chi connectivity index (χ2n) is 3.53. The van der Waals surface area contributed by atoms with Crippen molar-refractivity contribution in [2.75, 3.05) is 0 Å². The molecule has 0 radical (unpaired) electrons. The van der Waals surface area contributed by atoms with Gasteiger partial charge in [0, 0.05) is 5.56 Å². The monoisotopic (exact) mass is 223 g/mol. The molecule has 4 heteroatoms. The van der Waals surface area contributed by atoms with E-state index in [0.717, 1.165) is 0 Å². The first-order valence-electron chi connectivity index (χ1n) is 4.35. The van der Waals surface area contributed by atoms with Crippen molar-refractivity contribution in [2.45, 2.75) is 19.4 Å². The van der Waals surface area contributed by atoms with E-state index >= 15 is 0 Å². The maximum absolute atomic E-state index is 10.9. The molecule has 15 heavy (non-hydrogen) atoms. The van der Waals surface area contributed by atoms with Crippen LogP contribution >= 0.6 is 11.6 Å². The predicted octanol–water partition coefficient (Wildman–Crippen LogP) is 2.75. The van der Waals surface area contributed by atoms with Crippen LogP contribution < -0.4 is 4.74 Å². The molecular weight excluding hydrogens is 214 g/mol. The molecular formula is C11H10ClNO2. The molecule has 1 aromatic carbocycles. The lowest BCUT2D eigenvalue weighted by Gasteiger charge is -2.18. The van der Waals surface area contributed by atoms with Crippen LogP contribution in [0.3, 0.4) is 0 Å². The Morgan fingerprint density at radius 3 is 2.73 bits per heavy atom. The highest BCUT2D eigenvalue weighted by molar-refractivity contribution is 6.67. The molecule has 0 N–H and O–H groups in total. The number of hydrogen-bond acceptors (Lipinski definition) is 3. The average Bonchev–Trinajstić information content (AvgIpc) is 2.17. The Labute approximate surface area is 93.2 Å². The molecule has 0 aliphatic carbocycles. The molecule has 0 unspecified atom stereocenters. The van der Waals surface area contributed by atoms with Gasteiger partial charge in [-0.2, -0.15) is 5.26 Å². The van der Waals surface area contributed by atoms with Gasteiger partial charge in [-0.1, -0.05) is 6.07 Å². The zero-order valence-corrected chi connectivity index (χ0v) is 9.21. The van der Waals surface area contributed by atoms with Gasteiger partial charge in [-0.05, 0) is 43.6 Å². The van der Waals surface area contributed by atoms with Crippen molar-refractivity contribution in [3.8, 4) is 11.8 Å². The summed E-state index contributed by atoms with van der Waals surface area (Å²) in [5.41, 5.74) is -0.573. The lowest BCUT2D eigenvalue weighted by molar-refractivity contribution is 0.108. The van der Waals surface area contributed by atoms with Gasteiger partial charge in [0.25, 0.3) is 5.24 Å². The topological polar surface area (TPSA) is 50.1 Å². The molecule has 0 amide bonds. The van der Waals surface area contributed by atoms with E-state index in [1.54, 1.807) is 32.0 Å². The maximum atomic E-state index is 10.9. The van der Waals surface area contributed by atoms with Gasteiger partial charge >= 0.3 is 0 Å². The number of nitrogens with zero attached hydrogens (tertiary/aromatic N) is 1. The number of rotatable bonds is 3. The van der Waals surface area contributed by atoms with Crippen LogP contribution in [0.5, 0.6) is 5.75 Å². The van der Waals surface area contributed by atoms with Gasteiger partial charge < -0.3 is 4.74 Å². The molecule has 0 saturated carbocycles. The van der Waals surface area contributed by atoms with Crippen molar-refractivity contribution in [1.29, 1.82) is 5.26 Å². The zero-order valence-electron chi connectivity index (χ0n) is 8.45. The molecule has 0 saturated heterocycles. The molecule has 0 atom stereocenters. The van der Waals surface area contributed by atoms with Crippen LogP contribution in [-0.2, 0) is 0 Å². The van der Waals surface area contributed by atoms with E-state index in [4.69, 9.17) is 21.6 Å². The van der Waals surface area contributed by atoms with Crippen LogP contribution in [0.1, 0.15) is 24.2 Å². The Kier molecular flexibility index (Phi) is 3.33. The van der Waals surface area contributed by atoms with Gasteiger partial charge in [0.15, 0.2) is 5.60 Å². The Morgan fingerprint density at radius 2 is 2.20 bits per heavy atom. The summed E-state index contributed by atoms with van der Waals surface area (Å²) in [5, 5.41) is 8.22.